The SMILES string of the molecule is CCCC(C)(N)C(=O)N1CCCCC(SC)C1. The standard InChI is InChI=1S/C13H26N2OS/c1-4-8-13(2,14)12(16)15-9-6-5-7-11(10-15)17-3/h11H,4-10,14H2,1-3H3. The number of carbonyl (C=O) groups excluding carboxylic acids is 1. The van der Waals surface area contributed by atoms with Crippen LogP contribution in [0.1, 0.15) is 46.0 Å². The van der Waals surface area contributed by atoms with Crippen molar-refractivity contribution in [2.75, 3.05) is 19.3 Å². The van der Waals surface area contributed by atoms with Crippen molar-refractivity contribution in [3.05, 3.63) is 0 Å². The van der Waals surface area contributed by atoms with Crippen LogP contribution in [0.3, 0.4) is 0 Å². The van der Waals surface area contributed by atoms with Gasteiger partial charge in [-0.25, -0.2) is 0 Å². The van der Waals surface area contributed by atoms with Crippen LogP contribution in [0.5, 0.6) is 0 Å². The molecule has 4 heteroatoms. The van der Waals surface area contributed by atoms with E-state index < -0.39 is 5.54 Å². The molecule has 0 saturated carbocycles. The number of rotatable bonds is 4. The molecule has 0 aromatic rings. The van der Waals surface area contributed by atoms with Crippen LogP contribution in [0.25, 0.3) is 0 Å². The predicted molar refractivity (Wildman–Crippen MR) is 75.2 cm³/mol. The van der Waals surface area contributed by atoms with Gasteiger partial charge in [0.1, 0.15) is 0 Å². The van der Waals surface area contributed by atoms with E-state index in [2.05, 4.69) is 13.2 Å². The van der Waals surface area contributed by atoms with Gasteiger partial charge in [0, 0.05) is 18.3 Å². The zero-order valence-electron chi connectivity index (χ0n) is 11.4. The van der Waals surface area contributed by atoms with Gasteiger partial charge in [-0.1, -0.05) is 19.8 Å². The van der Waals surface area contributed by atoms with Crippen LogP contribution < -0.4 is 5.73 Å². The minimum atomic E-state index is -0.679. The third-order valence-corrected chi connectivity index (χ3v) is 4.56. The molecule has 2 atom stereocenters. The van der Waals surface area contributed by atoms with Gasteiger partial charge in [-0.05, 0) is 32.4 Å². The summed E-state index contributed by atoms with van der Waals surface area (Å²) in [6.07, 6.45) is 7.42. The first-order valence-corrected chi connectivity index (χ1v) is 7.91. The van der Waals surface area contributed by atoms with Crippen LogP contribution in [0.15, 0.2) is 0 Å². The molecule has 17 heavy (non-hydrogen) atoms. The molecule has 1 heterocycles. The van der Waals surface area contributed by atoms with E-state index >= 15 is 0 Å². The highest BCUT2D eigenvalue weighted by atomic mass is 32.2. The Labute approximate surface area is 109 Å². The Morgan fingerprint density at radius 1 is 1.53 bits per heavy atom. The summed E-state index contributed by atoms with van der Waals surface area (Å²) in [5.41, 5.74) is 5.46. The summed E-state index contributed by atoms with van der Waals surface area (Å²) in [6, 6.07) is 0. The molecule has 100 valence electrons. The van der Waals surface area contributed by atoms with Gasteiger partial charge in [-0.15, -0.1) is 0 Å². The Bertz CT molecular complexity index is 256. The number of nitrogens with two attached hydrogens (primary N) is 1. The van der Waals surface area contributed by atoms with Crippen molar-refractivity contribution >= 4 is 17.7 Å². The Hall–Kier alpha value is -0.220. The molecule has 1 rings (SSSR count). The maximum atomic E-state index is 12.4. The van der Waals surface area contributed by atoms with E-state index in [1.54, 1.807) is 0 Å². The highest BCUT2D eigenvalue weighted by Crippen LogP contribution is 2.22. The summed E-state index contributed by atoms with van der Waals surface area (Å²) in [4.78, 5) is 14.4. The van der Waals surface area contributed by atoms with E-state index in [1.165, 1.54) is 12.8 Å². The zero-order valence-corrected chi connectivity index (χ0v) is 12.2. The number of thioether (sulfide) groups is 1. The minimum absolute atomic E-state index is 0.139. The molecule has 1 fully saturated rings. The van der Waals surface area contributed by atoms with E-state index in [-0.39, 0.29) is 5.91 Å². The molecular weight excluding hydrogens is 232 g/mol. The summed E-state index contributed by atoms with van der Waals surface area (Å²) < 4.78 is 0. The van der Waals surface area contributed by atoms with Crippen molar-refractivity contribution in [2.45, 2.75) is 56.7 Å². The molecule has 3 nitrogen and oxygen atoms in total. The van der Waals surface area contributed by atoms with Crippen LogP contribution in [0, 0.1) is 0 Å². The van der Waals surface area contributed by atoms with Gasteiger partial charge in [0.05, 0.1) is 5.54 Å². The second kappa shape index (κ2) is 6.64. The fraction of sp³-hybridized carbons (Fsp3) is 0.923. The average molecular weight is 258 g/mol. The van der Waals surface area contributed by atoms with Gasteiger partial charge < -0.3 is 10.6 Å². The first-order chi connectivity index (χ1) is 8.01. The first kappa shape index (κ1) is 14.8. The Morgan fingerprint density at radius 3 is 2.82 bits per heavy atom. The van der Waals surface area contributed by atoms with Gasteiger partial charge in [-0.2, -0.15) is 11.8 Å². The minimum Gasteiger partial charge on any atom is -0.340 e. The fourth-order valence-electron chi connectivity index (χ4n) is 2.47. The van der Waals surface area contributed by atoms with Crippen molar-refractivity contribution in [3.8, 4) is 0 Å². The third kappa shape index (κ3) is 4.18. The molecule has 2 unspecified atom stereocenters. The van der Waals surface area contributed by atoms with Crippen molar-refractivity contribution in [3.63, 3.8) is 0 Å². The number of hydrogen-bond acceptors (Lipinski definition) is 3. The highest BCUT2D eigenvalue weighted by Gasteiger charge is 2.33. The number of amides is 1. The summed E-state index contributed by atoms with van der Waals surface area (Å²) in [5.74, 6) is 0.139. The molecule has 1 amide bonds. The largest absolute Gasteiger partial charge is 0.340 e. The maximum Gasteiger partial charge on any atom is 0.242 e. The second-order valence-electron chi connectivity index (χ2n) is 5.27. The predicted octanol–water partition coefficient (Wildman–Crippen LogP) is 2.25. The molecule has 1 saturated heterocycles. The van der Waals surface area contributed by atoms with E-state index in [4.69, 9.17) is 5.73 Å². The number of nitrogens with zero attached hydrogens (tertiary/aromatic N) is 1. The van der Waals surface area contributed by atoms with Crippen molar-refractivity contribution in [2.24, 2.45) is 5.73 Å². The van der Waals surface area contributed by atoms with Crippen LogP contribution >= 0.6 is 11.8 Å². The van der Waals surface area contributed by atoms with E-state index in [0.717, 1.165) is 32.4 Å². The van der Waals surface area contributed by atoms with Crippen molar-refractivity contribution < 1.29 is 4.79 Å². The van der Waals surface area contributed by atoms with Crippen LogP contribution in [0.4, 0.5) is 0 Å². The summed E-state index contributed by atoms with van der Waals surface area (Å²) in [6.45, 7) is 5.70. The van der Waals surface area contributed by atoms with Gasteiger partial charge >= 0.3 is 0 Å². The quantitative estimate of drug-likeness (QED) is 0.841. The van der Waals surface area contributed by atoms with Crippen molar-refractivity contribution in [1.82, 2.24) is 4.90 Å². The monoisotopic (exact) mass is 258 g/mol. The summed E-state index contributed by atoms with van der Waals surface area (Å²) in [5, 5.41) is 0.582. The van der Waals surface area contributed by atoms with Gasteiger partial charge in [-0.3, -0.25) is 4.79 Å². The Kier molecular flexibility index (Phi) is 5.80. The topological polar surface area (TPSA) is 46.3 Å². The molecule has 1 aliphatic heterocycles. The van der Waals surface area contributed by atoms with Gasteiger partial charge in [0.2, 0.25) is 5.91 Å². The van der Waals surface area contributed by atoms with Crippen LogP contribution in [-0.4, -0.2) is 40.9 Å². The Morgan fingerprint density at radius 2 is 2.24 bits per heavy atom. The second-order valence-corrected chi connectivity index (χ2v) is 6.41. The fourth-order valence-corrected chi connectivity index (χ4v) is 3.20. The molecule has 2 N–H and O–H groups in total. The van der Waals surface area contributed by atoms with Gasteiger partial charge in [0.15, 0.2) is 0 Å². The van der Waals surface area contributed by atoms with Crippen LogP contribution in [0.2, 0.25) is 0 Å². The lowest BCUT2D eigenvalue weighted by Gasteiger charge is -2.32. The Balaban J connectivity index is 2.66. The summed E-state index contributed by atoms with van der Waals surface area (Å²) >= 11 is 1.87. The molecule has 0 spiro atoms. The van der Waals surface area contributed by atoms with E-state index in [9.17, 15) is 4.79 Å². The average Bonchev–Trinajstić information content (AvgIpc) is 2.52. The third-order valence-electron chi connectivity index (χ3n) is 3.51. The van der Waals surface area contributed by atoms with Gasteiger partial charge in [0.25, 0.3) is 0 Å². The first-order valence-electron chi connectivity index (χ1n) is 6.62. The van der Waals surface area contributed by atoms with Crippen molar-refractivity contribution in [1.29, 1.82) is 0 Å². The van der Waals surface area contributed by atoms with Crippen LogP contribution in [-0.2, 0) is 4.79 Å². The lowest BCUT2D eigenvalue weighted by Crippen LogP contribution is -2.54. The number of carbonyl (C=O) groups is 1. The molecule has 0 aliphatic carbocycles. The molecule has 0 bridgehead atoms. The normalized spacial score (nSPS) is 25.2. The molecule has 0 aromatic heterocycles. The smallest absolute Gasteiger partial charge is 0.242 e. The zero-order chi connectivity index (χ0) is 12.9. The highest BCUT2D eigenvalue weighted by molar-refractivity contribution is 7.99. The summed E-state index contributed by atoms with van der Waals surface area (Å²) in [7, 11) is 0. The number of hydrogen-bond donors (Lipinski definition) is 1. The molecule has 1 aliphatic rings. The molecular formula is C13H26N2OS. The lowest BCUT2D eigenvalue weighted by molar-refractivity contribution is -0.136. The molecule has 0 radical (unpaired) electrons. The van der Waals surface area contributed by atoms with E-state index in [0.29, 0.717) is 5.25 Å². The number of likely N-dealkylation sites (tertiary alicyclic amines) is 1. The lowest BCUT2D eigenvalue weighted by atomic mass is 9.95. The maximum absolute atomic E-state index is 12.4. The molecule has 0 aromatic carbocycles. The van der Waals surface area contributed by atoms with E-state index in [1.807, 2.05) is 23.6 Å².